The van der Waals surface area contributed by atoms with Crippen molar-refractivity contribution in [3.8, 4) is 5.75 Å². The van der Waals surface area contributed by atoms with E-state index in [1.54, 1.807) is 4.90 Å². The van der Waals surface area contributed by atoms with Gasteiger partial charge in [0.1, 0.15) is 11.6 Å². The molecule has 4 nitrogen and oxygen atoms in total. The zero-order chi connectivity index (χ0) is 15.4. The number of benzene rings is 1. The molecule has 1 saturated heterocycles. The summed E-state index contributed by atoms with van der Waals surface area (Å²) in [7, 11) is 0. The SMILES string of the molecule is CC(=O)c1cc(F)ccc1OCC(=O)N1CCCC(C)C1. The summed E-state index contributed by atoms with van der Waals surface area (Å²) in [6.07, 6.45) is 2.14. The number of Topliss-reactive ketones (excluding diaryl/α,β-unsaturated/α-hetero) is 1. The Morgan fingerprint density at radius 1 is 1.43 bits per heavy atom. The Morgan fingerprint density at radius 3 is 2.86 bits per heavy atom. The molecule has 1 unspecified atom stereocenters. The minimum Gasteiger partial charge on any atom is -0.483 e. The molecular weight excluding hydrogens is 273 g/mol. The molecule has 1 aliphatic rings. The van der Waals surface area contributed by atoms with Gasteiger partial charge in [0.15, 0.2) is 12.4 Å². The predicted molar refractivity (Wildman–Crippen MR) is 76.9 cm³/mol. The van der Waals surface area contributed by atoms with Gasteiger partial charge >= 0.3 is 0 Å². The fraction of sp³-hybridized carbons (Fsp3) is 0.500. The number of ketones is 1. The highest BCUT2D eigenvalue weighted by atomic mass is 19.1. The number of ether oxygens (including phenoxy) is 1. The molecule has 5 heteroatoms. The standard InChI is InChI=1S/C16H20FNO3/c1-11-4-3-7-18(9-11)16(20)10-21-15-6-5-13(17)8-14(15)12(2)19/h5-6,8,11H,3-4,7,9-10H2,1-2H3. The molecule has 21 heavy (non-hydrogen) atoms. The molecule has 1 aliphatic heterocycles. The largest absolute Gasteiger partial charge is 0.483 e. The van der Waals surface area contributed by atoms with E-state index in [2.05, 4.69) is 6.92 Å². The minimum absolute atomic E-state index is 0.0969. The Bertz CT molecular complexity index is 544. The molecule has 0 aromatic heterocycles. The van der Waals surface area contributed by atoms with Crippen LogP contribution in [0.15, 0.2) is 18.2 Å². The second-order valence-corrected chi connectivity index (χ2v) is 5.57. The number of nitrogens with zero attached hydrogens (tertiary/aromatic N) is 1. The number of hydrogen-bond acceptors (Lipinski definition) is 3. The first-order valence-electron chi connectivity index (χ1n) is 7.18. The van der Waals surface area contributed by atoms with Gasteiger partial charge in [-0.15, -0.1) is 0 Å². The van der Waals surface area contributed by atoms with Gasteiger partial charge in [-0.3, -0.25) is 9.59 Å². The highest BCUT2D eigenvalue weighted by Crippen LogP contribution is 2.21. The van der Waals surface area contributed by atoms with Gasteiger partial charge in [-0.2, -0.15) is 0 Å². The van der Waals surface area contributed by atoms with Gasteiger partial charge < -0.3 is 9.64 Å². The molecule has 1 heterocycles. The lowest BCUT2D eigenvalue weighted by Crippen LogP contribution is -2.41. The first-order chi connectivity index (χ1) is 9.97. The van der Waals surface area contributed by atoms with Crippen molar-refractivity contribution in [1.29, 1.82) is 0 Å². The van der Waals surface area contributed by atoms with Gasteiger partial charge in [0.25, 0.3) is 5.91 Å². The first-order valence-corrected chi connectivity index (χ1v) is 7.18. The van der Waals surface area contributed by atoms with E-state index in [1.165, 1.54) is 19.1 Å². The Hall–Kier alpha value is -1.91. The van der Waals surface area contributed by atoms with Crippen molar-refractivity contribution in [3.63, 3.8) is 0 Å². The van der Waals surface area contributed by atoms with Crippen molar-refractivity contribution in [3.05, 3.63) is 29.6 Å². The molecule has 0 saturated carbocycles. The van der Waals surface area contributed by atoms with Crippen LogP contribution in [0.2, 0.25) is 0 Å². The molecule has 0 spiro atoms. The summed E-state index contributed by atoms with van der Waals surface area (Å²) in [4.78, 5) is 25.4. The van der Waals surface area contributed by atoms with E-state index in [0.717, 1.165) is 32.0 Å². The van der Waals surface area contributed by atoms with Crippen LogP contribution in [0.5, 0.6) is 5.75 Å². The molecule has 0 bridgehead atoms. The summed E-state index contributed by atoms with van der Waals surface area (Å²) in [6, 6.07) is 3.73. The zero-order valence-electron chi connectivity index (χ0n) is 12.4. The monoisotopic (exact) mass is 293 g/mol. The summed E-state index contributed by atoms with van der Waals surface area (Å²) in [5, 5.41) is 0. The van der Waals surface area contributed by atoms with Crippen molar-refractivity contribution < 1.29 is 18.7 Å². The maximum absolute atomic E-state index is 13.2. The third-order valence-corrected chi connectivity index (χ3v) is 3.68. The van der Waals surface area contributed by atoms with E-state index < -0.39 is 5.82 Å². The number of rotatable bonds is 4. The molecule has 1 aromatic carbocycles. The van der Waals surface area contributed by atoms with Crippen molar-refractivity contribution in [2.45, 2.75) is 26.7 Å². The van der Waals surface area contributed by atoms with Crippen LogP contribution in [-0.2, 0) is 4.79 Å². The quantitative estimate of drug-likeness (QED) is 0.802. The topological polar surface area (TPSA) is 46.6 Å². The van der Waals surface area contributed by atoms with Crippen molar-refractivity contribution in [2.75, 3.05) is 19.7 Å². The third kappa shape index (κ3) is 4.03. The molecule has 2 rings (SSSR count). The lowest BCUT2D eigenvalue weighted by molar-refractivity contribution is -0.135. The van der Waals surface area contributed by atoms with Crippen LogP contribution >= 0.6 is 0 Å². The maximum Gasteiger partial charge on any atom is 0.260 e. The molecule has 1 amide bonds. The average Bonchev–Trinajstić information content (AvgIpc) is 2.45. The molecule has 0 aliphatic carbocycles. The van der Waals surface area contributed by atoms with E-state index in [4.69, 9.17) is 4.74 Å². The zero-order valence-corrected chi connectivity index (χ0v) is 12.4. The van der Waals surface area contributed by atoms with E-state index in [9.17, 15) is 14.0 Å². The van der Waals surface area contributed by atoms with Crippen LogP contribution in [0, 0.1) is 11.7 Å². The van der Waals surface area contributed by atoms with Crippen LogP contribution < -0.4 is 4.74 Å². The van der Waals surface area contributed by atoms with Crippen molar-refractivity contribution in [1.82, 2.24) is 4.90 Å². The van der Waals surface area contributed by atoms with Crippen molar-refractivity contribution >= 4 is 11.7 Å². The van der Waals surface area contributed by atoms with Gasteiger partial charge in [0.05, 0.1) is 5.56 Å². The highest BCUT2D eigenvalue weighted by Gasteiger charge is 2.21. The van der Waals surface area contributed by atoms with Gasteiger partial charge in [0.2, 0.25) is 0 Å². The number of amides is 1. The van der Waals surface area contributed by atoms with Crippen LogP contribution in [0.4, 0.5) is 4.39 Å². The number of halogens is 1. The van der Waals surface area contributed by atoms with E-state index in [-0.39, 0.29) is 29.6 Å². The summed E-state index contributed by atoms with van der Waals surface area (Å²) in [5.74, 6) is -0.128. The number of carbonyl (C=O) groups is 2. The normalized spacial score (nSPS) is 18.4. The fourth-order valence-electron chi connectivity index (χ4n) is 2.55. The van der Waals surface area contributed by atoms with Crippen LogP contribution in [0.25, 0.3) is 0 Å². The first kappa shape index (κ1) is 15.5. The van der Waals surface area contributed by atoms with Gasteiger partial charge in [0, 0.05) is 13.1 Å². The second kappa shape index (κ2) is 6.70. The molecule has 1 fully saturated rings. The minimum atomic E-state index is -0.497. The summed E-state index contributed by atoms with van der Waals surface area (Å²) in [6.45, 7) is 4.82. The molecular formula is C16H20FNO3. The predicted octanol–water partition coefficient (Wildman–Crippen LogP) is 2.67. The smallest absolute Gasteiger partial charge is 0.260 e. The second-order valence-electron chi connectivity index (χ2n) is 5.57. The summed E-state index contributed by atoms with van der Waals surface area (Å²) < 4.78 is 18.6. The van der Waals surface area contributed by atoms with E-state index in [0.29, 0.717) is 5.92 Å². The Kier molecular flexibility index (Phi) is 4.94. The lowest BCUT2D eigenvalue weighted by atomic mass is 10.0. The Morgan fingerprint density at radius 2 is 2.19 bits per heavy atom. The number of hydrogen-bond donors (Lipinski definition) is 0. The molecule has 114 valence electrons. The van der Waals surface area contributed by atoms with Gasteiger partial charge in [-0.05, 0) is 43.9 Å². The molecule has 0 N–H and O–H groups in total. The maximum atomic E-state index is 13.2. The molecule has 1 atom stereocenters. The van der Waals surface area contributed by atoms with Crippen LogP contribution in [0.3, 0.4) is 0 Å². The number of likely N-dealkylation sites (tertiary alicyclic amines) is 1. The molecule has 1 aromatic rings. The number of carbonyl (C=O) groups excluding carboxylic acids is 2. The third-order valence-electron chi connectivity index (χ3n) is 3.68. The average molecular weight is 293 g/mol. The van der Waals surface area contributed by atoms with E-state index >= 15 is 0 Å². The van der Waals surface area contributed by atoms with E-state index in [1.807, 2.05) is 0 Å². The molecule has 0 radical (unpaired) electrons. The summed E-state index contributed by atoms with van der Waals surface area (Å²) in [5.41, 5.74) is 0.162. The fourth-order valence-corrected chi connectivity index (χ4v) is 2.55. The van der Waals surface area contributed by atoms with Crippen LogP contribution in [-0.4, -0.2) is 36.3 Å². The van der Waals surface area contributed by atoms with Gasteiger partial charge in [-0.25, -0.2) is 4.39 Å². The van der Waals surface area contributed by atoms with Crippen molar-refractivity contribution in [2.24, 2.45) is 5.92 Å². The summed E-state index contributed by atoms with van der Waals surface area (Å²) >= 11 is 0. The van der Waals surface area contributed by atoms with Crippen LogP contribution in [0.1, 0.15) is 37.0 Å². The highest BCUT2D eigenvalue weighted by molar-refractivity contribution is 5.96. The van der Waals surface area contributed by atoms with Gasteiger partial charge in [-0.1, -0.05) is 6.92 Å². The lowest BCUT2D eigenvalue weighted by Gasteiger charge is -2.30. The Labute approximate surface area is 123 Å². The Balaban J connectivity index is 1.99. The number of piperidine rings is 1.